The molecule has 4 aliphatic heterocycles. The van der Waals surface area contributed by atoms with E-state index in [-0.39, 0.29) is 17.9 Å². The van der Waals surface area contributed by atoms with Crippen LogP contribution in [-0.2, 0) is 31.9 Å². The van der Waals surface area contributed by atoms with Gasteiger partial charge in [-0.3, -0.25) is 9.79 Å². The van der Waals surface area contributed by atoms with Crippen molar-refractivity contribution in [3.63, 3.8) is 0 Å². The van der Waals surface area contributed by atoms with Gasteiger partial charge in [0, 0.05) is 24.2 Å². The van der Waals surface area contributed by atoms with Gasteiger partial charge in [0.05, 0.1) is 30.0 Å². The lowest BCUT2D eigenvalue weighted by atomic mass is 9.77. The van der Waals surface area contributed by atoms with Crippen molar-refractivity contribution in [3.8, 4) is 16.9 Å². The van der Waals surface area contributed by atoms with Gasteiger partial charge in [-0.15, -0.1) is 0 Å². The summed E-state index contributed by atoms with van der Waals surface area (Å²) in [6, 6.07) is 14.2. The van der Waals surface area contributed by atoms with Crippen LogP contribution in [0.3, 0.4) is 0 Å². The van der Waals surface area contributed by atoms with Crippen LogP contribution in [0.5, 0.6) is 5.75 Å². The predicted octanol–water partition coefficient (Wildman–Crippen LogP) is 5.70. The van der Waals surface area contributed by atoms with Crippen LogP contribution in [0.2, 0.25) is 0 Å². The summed E-state index contributed by atoms with van der Waals surface area (Å²) in [7, 11) is 0.890. The van der Waals surface area contributed by atoms with Crippen molar-refractivity contribution < 1.29 is 28.4 Å². The van der Waals surface area contributed by atoms with E-state index in [1.807, 2.05) is 18.7 Å². The van der Waals surface area contributed by atoms with Crippen LogP contribution in [-0.4, -0.2) is 66.7 Å². The lowest BCUT2D eigenvalue weighted by molar-refractivity contribution is -0.134. The number of nitrogens with one attached hydrogen (secondary N) is 1. The summed E-state index contributed by atoms with van der Waals surface area (Å²) in [6.07, 6.45) is 1.82. The highest BCUT2D eigenvalue weighted by molar-refractivity contribution is 6.62. The Kier molecular flexibility index (Phi) is 7.44. The van der Waals surface area contributed by atoms with E-state index in [2.05, 4.69) is 75.5 Å². The summed E-state index contributed by atoms with van der Waals surface area (Å²) in [5.74, 6) is 0.692. The third-order valence-electron chi connectivity index (χ3n) is 10.5. The summed E-state index contributed by atoms with van der Waals surface area (Å²) in [5.41, 5.74) is 6.62. The monoisotopic (exact) mass is 623 g/mol. The van der Waals surface area contributed by atoms with Crippen LogP contribution >= 0.6 is 0 Å². The van der Waals surface area contributed by atoms with E-state index in [1.54, 1.807) is 0 Å². The molecule has 0 spiro atoms. The second kappa shape index (κ2) is 11.1. The van der Waals surface area contributed by atoms with Gasteiger partial charge in [-0.2, -0.15) is 0 Å². The zero-order valence-corrected chi connectivity index (χ0v) is 27.7. The third kappa shape index (κ3) is 5.06. The van der Waals surface area contributed by atoms with Crippen molar-refractivity contribution in [2.24, 2.45) is 10.9 Å². The number of hydrogen-bond donors (Lipinski definition) is 1. The summed E-state index contributed by atoms with van der Waals surface area (Å²) in [4.78, 5) is 32.6. The average Bonchev–Trinajstić information content (AvgIpc) is 3.73. The Labute approximate surface area is 270 Å². The van der Waals surface area contributed by atoms with Crippen molar-refractivity contribution in [1.82, 2.24) is 10.2 Å². The number of carbonyl (C=O) groups is 2. The number of fused-ring (bicyclic) bond motifs is 6. The van der Waals surface area contributed by atoms with Crippen LogP contribution in [0.15, 0.2) is 47.5 Å². The molecule has 10 heteroatoms. The van der Waals surface area contributed by atoms with E-state index in [4.69, 9.17) is 23.8 Å². The first-order valence-electron chi connectivity index (χ1n) is 16.3. The van der Waals surface area contributed by atoms with Crippen LogP contribution in [0.1, 0.15) is 65.5 Å². The fourth-order valence-corrected chi connectivity index (χ4v) is 7.12. The minimum atomic E-state index is -0.655. The molecule has 3 aromatic carbocycles. The fourth-order valence-electron chi connectivity index (χ4n) is 7.12. The van der Waals surface area contributed by atoms with E-state index in [0.717, 1.165) is 68.5 Å². The summed E-state index contributed by atoms with van der Waals surface area (Å²) in [6.45, 7) is 13.2. The number of carbonyl (C=O) groups excluding carboxylic acids is 2. The second-order valence-corrected chi connectivity index (χ2v) is 14.3. The number of aliphatic imine (C=N–C) groups is 1. The number of rotatable bonds is 5. The van der Waals surface area contributed by atoms with Crippen molar-refractivity contribution >= 4 is 46.8 Å². The molecule has 3 aromatic rings. The normalized spacial score (nSPS) is 21.4. The average molecular weight is 624 g/mol. The highest BCUT2D eigenvalue weighted by Gasteiger charge is 2.52. The van der Waals surface area contributed by atoms with Crippen molar-refractivity contribution in [1.29, 1.82) is 0 Å². The number of nitrogens with zero attached hydrogens (tertiary/aromatic N) is 2. The molecule has 0 aromatic heterocycles. The first-order valence-corrected chi connectivity index (χ1v) is 16.3. The lowest BCUT2D eigenvalue weighted by Gasteiger charge is -2.32. The maximum Gasteiger partial charge on any atom is 0.494 e. The quantitative estimate of drug-likeness (QED) is 0.367. The smallest absolute Gasteiger partial charge is 0.488 e. The minimum Gasteiger partial charge on any atom is -0.488 e. The molecule has 4 aliphatic rings. The molecule has 0 saturated carbocycles. The molecule has 7 rings (SSSR count). The van der Waals surface area contributed by atoms with Gasteiger partial charge in [-0.25, -0.2) is 4.79 Å². The standard InChI is InChI=1S/C36H42BN3O6/c1-20(2)32(39-34(42)43-7)33(41)40-14-8-9-30(40)29-17-26-25-18-31-27(16-21(25)10-13-28(26)38-29)24-12-11-23(15-22(24)19-44-31)37-45-35(3,4)36(5,6)46-37/h10-13,15-16,18,20,30,32H,8-9,14,17,19H2,1-7H3,(H,39,42)/t30-,32-/m0/s1. The number of amides is 2. The zero-order chi connectivity index (χ0) is 32.5. The summed E-state index contributed by atoms with van der Waals surface area (Å²) < 4.78 is 23.8. The number of hydrogen-bond acceptors (Lipinski definition) is 7. The van der Waals surface area contributed by atoms with Gasteiger partial charge in [-0.05, 0) is 97.6 Å². The molecular weight excluding hydrogens is 581 g/mol. The fraction of sp³-hybridized carbons (Fsp3) is 0.472. The van der Waals surface area contributed by atoms with E-state index in [9.17, 15) is 9.59 Å². The van der Waals surface area contributed by atoms with Crippen molar-refractivity contribution in [2.45, 2.75) is 90.7 Å². The SMILES string of the molecule is COC(=O)N[C@H](C(=O)N1CCC[C@H]1C1=Nc2ccc3cc4c(cc3c2C1)OCc1cc(B2OC(C)(C)C(C)(C)O2)ccc1-4)C(C)C. The van der Waals surface area contributed by atoms with Crippen LogP contribution in [0.25, 0.3) is 21.9 Å². The maximum absolute atomic E-state index is 13.7. The molecule has 240 valence electrons. The second-order valence-electron chi connectivity index (χ2n) is 14.3. The molecule has 1 N–H and O–H groups in total. The molecule has 2 fully saturated rings. The third-order valence-corrected chi connectivity index (χ3v) is 10.5. The number of methoxy groups -OCH3 is 1. The molecule has 0 aliphatic carbocycles. The molecule has 2 saturated heterocycles. The van der Waals surface area contributed by atoms with Gasteiger partial charge in [0.2, 0.25) is 5.91 Å². The molecular formula is C36H42BN3O6. The van der Waals surface area contributed by atoms with E-state index in [1.165, 1.54) is 7.11 Å². The Hall–Kier alpha value is -3.89. The molecule has 2 amide bonds. The Morgan fingerprint density at radius 2 is 1.80 bits per heavy atom. The minimum absolute atomic E-state index is 0.0777. The maximum atomic E-state index is 13.7. The lowest BCUT2D eigenvalue weighted by Crippen LogP contribution is -2.53. The molecule has 0 bridgehead atoms. The highest BCUT2D eigenvalue weighted by atomic mass is 16.7. The Bertz CT molecular complexity index is 1770. The first-order chi connectivity index (χ1) is 21.9. The Balaban J connectivity index is 1.14. The largest absolute Gasteiger partial charge is 0.494 e. The van der Waals surface area contributed by atoms with Gasteiger partial charge in [0.15, 0.2) is 0 Å². The van der Waals surface area contributed by atoms with Gasteiger partial charge in [-0.1, -0.05) is 38.1 Å². The Morgan fingerprint density at radius 1 is 1.04 bits per heavy atom. The van der Waals surface area contributed by atoms with E-state index >= 15 is 0 Å². The molecule has 0 unspecified atom stereocenters. The number of ether oxygens (including phenoxy) is 2. The van der Waals surface area contributed by atoms with Gasteiger partial charge >= 0.3 is 13.2 Å². The van der Waals surface area contributed by atoms with Gasteiger partial charge in [0.25, 0.3) is 0 Å². The topological polar surface area (TPSA) is 98.7 Å². The predicted molar refractivity (Wildman–Crippen MR) is 179 cm³/mol. The van der Waals surface area contributed by atoms with Gasteiger partial charge in [0.1, 0.15) is 18.4 Å². The summed E-state index contributed by atoms with van der Waals surface area (Å²) >= 11 is 0. The number of likely N-dealkylation sites (tertiary alicyclic amines) is 1. The van der Waals surface area contributed by atoms with Crippen molar-refractivity contribution in [3.05, 3.63) is 53.6 Å². The number of alkyl carbamates (subject to hydrolysis) is 1. The highest BCUT2D eigenvalue weighted by Crippen LogP contribution is 2.44. The van der Waals surface area contributed by atoms with Crippen LogP contribution in [0.4, 0.5) is 10.5 Å². The zero-order valence-electron chi connectivity index (χ0n) is 27.7. The van der Waals surface area contributed by atoms with E-state index < -0.39 is 30.5 Å². The molecule has 0 radical (unpaired) electrons. The van der Waals surface area contributed by atoms with Crippen molar-refractivity contribution in [2.75, 3.05) is 13.7 Å². The number of benzene rings is 3. The van der Waals surface area contributed by atoms with Gasteiger partial charge < -0.3 is 29.0 Å². The van der Waals surface area contributed by atoms with E-state index in [0.29, 0.717) is 19.6 Å². The molecule has 9 nitrogen and oxygen atoms in total. The molecule has 2 atom stereocenters. The van der Waals surface area contributed by atoms with Crippen LogP contribution in [0, 0.1) is 5.92 Å². The summed E-state index contributed by atoms with van der Waals surface area (Å²) in [5, 5.41) is 4.98. The Morgan fingerprint density at radius 3 is 2.52 bits per heavy atom. The first kappa shape index (κ1) is 30.8. The molecule has 46 heavy (non-hydrogen) atoms. The molecule has 4 heterocycles. The van der Waals surface area contributed by atoms with Crippen LogP contribution < -0.4 is 15.5 Å².